The van der Waals surface area contributed by atoms with Crippen LogP contribution in [0.2, 0.25) is 0 Å². The third-order valence-corrected chi connectivity index (χ3v) is 4.94. The van der Waals surface area contributed by atoms with Gasteiger partial charge in [-0.3, -0.25) is 9.88 Å². The van der Waals surface area contributed by atoms with Crippen molar-refractivity contribution in [2.45, 2.75) is 51.6 Å². The molecule has 0 bridgehead atoms. The minimum atomic E-state index is 0.657. The molecule has 0 aromatic carbocycles. The normalized spacial score (nSPS) is 19.8. The van der Waals surface area contributed by atoms with Gasteiger partial charge in [0.25, 0.3) is 0 Å². The molecule has 3 heterocycles. The van der Waals surface area contributed by atoms with Crippen LogP contribution >= 0.6 is 11.3 Å². The summed E-state index contributed by atoms with van der Waals surface area (Å²) in [5.41, 5.74) is 1.20. The number of nitrogens with zero attached hydrogens (tertiary/aromatic N) is 4. The standard InChI is InChI=1S/C16H22N4S/c1-13-18-19-16(21-13)12-20-11-5-3-7-15(20)9-8-14-6-2-4-10-17-14/h2,4,6,10,15H,3,5,7-9,11-12H2,1H3. The zero-order valence-corrected chi connectivity index (χ0v) is 13.4. The van der Waals surface area contributed by atoms with E-state index in [1.54, 1.807) is 11.3 Å². The van der Waals surface area contributed by atoms with E-state index in [1.165, 1.54) is 37.9 Å². The van der Waals surface area contributed by atoms with E-state index in [9.17, 15) is 0 Å². The van der Waals surface area contributed by atoms with Crippen LogP contribution in [0.4, 0.5) is 0 Å². The molecule has 1 aliphatic rings. The second-order valence-corrected chi connectivity index (χ2v) is 6.96. The molecule has 0 aliphatic carbocycles. The summed E-state index contributed by atoms with van der Waals surface area (Å²) in [5, 5.41) is 10.6. The summed E-state index contributed by atoms with van der Waals surface area (Å²) in [5.74, 6) is 0. The Morgan fingerprint density at radius 2 is 2.24 bits per heavy atom. The van der Waals surface area contributed by atoms with Crippen molar-refractivity contribution in [2.24, 2.45) is 0 Å². The highest BCUT2D eigenvalue weighted by atomic mass is 32.1. The first-order valence-electron chi connectivity index (χ1n) is 7.74. The second-order valence-electron chi connectivity index (χ2n) is 5.69. The van der Waals surface area contributed by atoms with E-state index in [2.05, 4.69) is 32.2 Å². The van der Waals surface area contributed by atoms with Gasteiger partial charge in [0, 0.05) is 17.9 Å². The number of hydrogen-bond acceptors (Lipinski definition) is 5. The minimum absolute atomic E-state index is 0.657. The summed E-state index contributed by atoms with van der Waals surface area (Å²) in [6.45, 7) is 4.17. The molecule has 0 amide bonds. The van der Waals surface area contributed by atoms with Gasteiger partial charge in [-0.2, -0.15) is 0 Å². The average Bonchev–Trinajstić information content (AvgIpc) is 2.93. The van der Waals surface area contributed by atoms with Crippen LogP contribution in [0.1, 0.15) is 41.4 Å². The average molecular weight is 302 g/mol. The van der Waals surface area contributed by atoms with Crippen LogP contribution in [0.15, 0.2) is 24.4 Å². The Labute approximate surface area is 130 Å². The van der Waals surface area contributed by atoms with E-state index in [0.717, 1.165) is 23.0 Å². The zero-order valence-electron chi connectivity index (χ0n) is 12.5. The van der Waals surface area contributed by atoms with Crippen molar-refractivity contribution in [3.63, 3.8) is 0 Å². The molecule has 1 aliphatic heterocycles. The van der Waals surface area contributed by atoms with Gasteiger partial charge in [0.15, 0.2) is 0 Å². The predicted molar refractivity (Wildman–Crippen MR) is 85.3 cm³/mol. The molecule has 0 saturated carbocycles. The highest BCUT2D eigenvalue weighted by Gasteiger charge is 2.23. The molecule has 1 fully saturated rings. The van der Waals surface area contributed by atoms with Crippen LogP contribution in [0.5, 0.6) is 0 Å². The van der Waals surface area contributed by atoms with Gasteiger partial charge < -0.3 is 0 Å². The summed E-state index contributed by atoms with van der Waals surface area (Å²) in [7, 11) is 0. The van der Waals surface area contributed by atoms with Gasteiger partial charge in [-0.05, 0) is 51.3 Å². The lowest BCUT2D eigenvalue weighted by Crippen LogP contribution is -2.39. The Morgan fingerprint density at radius 1 is 1.29 bits per heavy atom. The first kappa shape index (κ1) is 14.6. The molecule has 1 saturated heterocycles. The Bertz CT molecular complexity index is 554. The minimum Gasteiger partial charge on any atom is -0.294 e. The number of aromatic nitrogens is 3. The van der Waals surface area contributed by atoms with Crippen LogP contribution in [0.3, 0.4) is 0 Å². The second kappa shape index (κ2) is 7.09. The van der Waals surface area contributed by atoms with Crippen molar-refractivity contribution in [1.82, 2.24) is 20.1 Å². The van der Waals surface area contributed by atoms with Gasteiger partial charge >= 0.3 is 0 Å². The summed E-state index contributed by atoms with van der Waals surface area (Å²) < 4.78 is 0. The summed E-state index contributed by atoms with van der Waals surface area (Å²) in [4.78, 5) is 7.03. The molecule has 1 atom stereocenters. The van der Waals surface area contributed by atoms with Gasteiger partial charge in [-0.15, -0.1) is 21.5 Å². The highest BCUT2D eigenvalue weighted by Crippen LogP contribution is 2.24. The zero-order chi connectivity index (χ0) is 14.5. The van der Waals surface area contributed by atoms with E-state index in [0.29, 0.717) is 6.04 Å². The fourth-order valence-corrected chi connectivity index (χ4v) is 3.77. The molecular formula is C16H22N4S. The van der Waals surface area contributed by atoms with Crippen molar-refractivity contribution in [2.75, 3.05) is 6.54 Å². The molecular weight excluding hydrogens is 280 g/mol. The van der Waals surface area contributed by atoms with Gasteiger partial charge in [0.1, 0.15) is 10.0 Å². The van der Waals surface area contributed by atoms with Crippen molar-refractivity contribution in [1.29, 1.82) is 0 Å². The molecule has 3 rings (SSSR count). The van der Waals surface area contributed by atoms with Crippen molar-refractivity contribution >= 4 is 11.3 Å². The van der Waals surface area contributed by atoms with Crippen LogP contribution < -0.4 is 0 Å². The fourth-order valence-electron chi connectivity index (χ4n) is 3.03. The molecule has 0 radical (unpaired) electrons. The van der Waals surface area contributed by atoms with Crippen molar-refractivity contribution in [3.05, 3.63) is 40.1 Å². The molecule has 0 spiro atoms. The summed E-state index contributed by atoms with van der Waals surface area (Å²) in [6.07, 6.45) is 8.09. The summed E-state index contributed by atoms with van der Waals surface area (Å²) in [6, 6.07) is 6.84. The lowest BCUT2D eigenvalue weighted by atomic mass is 9.97. The van der Waals surface area contributed by atoms with Gasteiger partial charge in [-0.1, -0.05) is 12.5 Å². The largest absolute Gasteiger partial charge is 0.294 e. The molecule has 0 N–H and O–H groups in total. The highest BCUT2D eigenvalue weighted by molar-refractivity contribution is 7.11. The Hall–Kier alpha value is -1.33. The Morgan fingerprint density at radius 3 is 3.00 bits per heavy atom. The molecule has 1 unspecified atom stereocenters. The van der Waals surface area contributed by atoms with Crippen LogP contribution in [-0.4, -0.2) is 32.7 Å². The van der Waals surface area contributed by atoms with Crippen LogP contribution in [-0.2, 0) is 13.0 Å². The Kier molecular flexibility index (Phi) is 4.93. The fraction of sp³-hybridized carbons (Fsp3) is 0.562. The molecule has 5 heteroatoms. The predicted octanol–water partition coefficient (Wildman–Crippen LogP) is 3.23. The van der Waals surface area contributed by atoms with Crippen molar-refractivity contribution < 1.29 is 0 Å². The Balaban J connectivity index is 1.59. The van der Waals surface area contributed by atoms with E-state index < -0.39 is 0 Å². The number of hydrogen-bond donors (Lipinski definition) is 0. The number of aryl methyl sites for hydroxylation is 2. The molecule has 21 heavy (non-hydrogen) atoms. The summed E-state index contributed by atoms with van der Waals surface area (Å²) >= 11 is 1.72. The van der Waals surface area contributed by atoms with E-state index >= 15 is 0 Å². The molecule has 112 valence electrons. The van der Waals surface area contributed by atoms with E-state index in [-0.39, 0.29) is 0 Å². The van der Waals surface area contributed by atoms with E-state index in [1.807, 2.05) is 19.2 Å². The number of likely N-dealkylation sites (tertiary alicyclic amines) is 1. The third-order valence-electron chi connectivity index (χ3n) is 4.12. The lowest BCUT2D eigenvalue weighted by molar-refractivity contribution is 0.132. The first-order chi connectivity index (χ1) is 10.3. The number of pyridine rings is 1. The first-order valence-corrected chi connectivity index (χ1v) is 8.56. The molecule has 2 aromatic heterocycles. The topological polar surface area (TPSA) is 41.9 Å². The maximum Gasteiger partial charge on any atom is 0.131 e. The smallest absolute Gasteiger partial charge is 0.131 e. The SMILES string of the molecule is Cc1nnc(CN2CCCCC2CCc2ccccn2)s1. The molecule has 2 aromatic rings. The third kappa shape index (κ3) is 4.08. The number of piperidine rings is 1. The molecule has 4 nitrogen and oxygen atoms in total. The van der Waals surface area contributed by atoms with Crippen LogP contribution in [0, 0.1) is 6.92 Å². The van der Waals surface area contributed by atoms with Gasteiger partial charge in [0.2, 0.25) is 0 Å². The van der Waals surface area contributed by atoms with E-state index in [4.69, 9.17) is 0 Å². The maximum atomic E-state index is 4.44. The maximum absolute atomic E-state index is 4.44. The lowest BCUT2D eigenvalue weighted by Gasteiger charge is -2.35. The van der Waals surface area contributed by atoms with Gasteiger partial charge in [-0.25, -0.2) is 0 Å². The monoisotopic (exact) mass is 302 g/mol. The number of rotatable bonds is 5. The van der Waals surface area contributed by atoms with Crippen LogP contribution in [0.25, 0.3) is 0 Å². The van der Waals surface area contributed by atoms with Gasteiger partial charge in [0.05, 0.1) is 6.54 Å². The quantitative estimate of drug-likeness (QED) is 0.850. The van der Waals surface area contributed by atoms with Crippen molar-refractivity contribution in [3.8, 4) is 0 Å².